The molecule has 1 fully saturated rings. The Morgan fingerprint density at radius 2 is 2.05 bits per heavy atom. The second kappa shape index (κ2) is 7.82. The first kappa shape index (κ1) is 16.4. The van der Waals surface area contributed by atoms with E-state index in [1.54, 1.807) is 11.9 Å². The third-order valence-electron chi connectivity index (χ3n) is 4.14. The minimum absolute atomic E-state index is 0.0181. The van der Waals surface area contributed by atoms with E-state index in [0.717, 1.165) is 12.8 Å². The first-order chi connectivity index (χ1) is 9.03. The molecular formula is C14H28N2O3. The molecule has 1 aliphatic carbocycles. The van der Waals surface area contributed by atoms with Crippen LogP contribution in [0.2, 0.25) is 0 Å². The fourth-order valence-electron chi connectivity index (χ4n) is 2.87. The van der Waals surface area contributed by atoms with Gasteiger partial charge in [-0.1, -0.05) is 19.3 Å². The number of carbonyl (C=O) groups is 1. The zero-order chi connectivity index (χ0) is 14.3. The van der Waals surface area contributed by atoms with Gasteiger partial charge in [-0.3, -0.25) is 4.79 Å². The average molecular weight is 272 g/mol. The van der Waals surface area contributed by atoms with Gasteiger partial charge in [-0.2, -0.15) is 0 Å². The Kier molecular flexibility index (Phi) is 6.75. The molecule has 0 heterocycles. The highest BCUT2D eigenvalue weighted by molar-refractivity contribution is 5.76. The summed E-state index contributed by atoms with van der Waals surface area (Å²) in [6, 6.07) is 0. The molecule has 0 bridgehead atoms. The highest BCUT2D eigenvalue weighted by atomic mass is 16.5. The predicted octanol–water partition coefficient (Wildman–Crippen LogP) is 0.751. The van der Waals surface area contributed by atoms with Crippen LogP contribution >= 0.6 is 0 Å². The van der Waals surface area contributed by atoms with E-state index in [4.69, 9.17) is 10.5 Å². The lowest BCUT2D eigenvalue weighted by atomic mass is 9.71. The van der Waals surface area contributed by atoms with Crippen molar-refractivity contribution < 1.29 is 14.6 Å². The van der Waals surface area contributed by atoms with E-state index < -0.39 is 6.10 Å². The van der Waals surface area contributed by atoms with Crippen LogP contribution in [0.1, 0.15) is 38.5 Å². The number of ether oxygens (including phenoxy) is 1. The van der Waals surface area contributed by atoms with Crippen LogP contribution in [0.5, 0.6) is 0 Å². The lowest BCUT2D eigenvalue weighted by molar-refractivity contribution is -0.134. The Labute approximate surface area is 116 Å². The molecule has 19 heavy (non-hydrogen) atoms. The largest absolute Gasteiger partial charge is 0.389 e. The molecule has 0 aromatic heterocycles. The summed E-state index contributed by atoms with van der Waals surface area (Å²) in [5.41, 5.74) is 5.88. The summed E-state index contributed by atoms with van der Waals surface area (Å²) in [5, 5.41) is 9.65. The Morgan fingerprint density at radius 3 is 2.58 bits per heavy atom. The standard InChI is InChI=1S/C14H28N2O3/c1-16(9-12(17)10-19-2)13(18)8-14(11-15)6-4-3-5-7-14/h12,17H,3-11,15H2,1-2H3. The van der Waals surface area contributed by atoms with E-state index in [1.165, 1.54) is 26.4 Å². The summed E-state index contributed by atoms with van der Waals surface area (Å²) in [4.78, 5) is 13.8. The topological polar surface area (TPSA) is 75.8 Å². The first-order valence-corrected chi connectivity index (χ1v) is 7.14. The summed E-state index contributed by atoms with van der Waals surface area (Å²) < 4.78 is 4.87. The molecule has 0 radical (unpaired) electrons. The number of likely N-dealkylation sites (N-methyl/N-ethyl adjacent to an activating group) is 1. The van der Waals surface area contributed by atoms with Crippen molar-refractivity contribution in [2.45, 2.75) is 44.6 Å². The number of hydrogen-bond donors (Lipinski definition) is 2. The Hall–Kier alpha value is -0.650. The number of nitrogens with zero attached hydrogens (tertiary/aromatic N) is 1. The number of nitrogens with two attached hydrogens (primary N) is 1. The molecule has 1 unspecified atom stereocenters. The van der Waals surface area contributed by atoms with Gasteiger partial charge in [0.2, 0.25) is 5.91 Å². The lowest BCUT2D eigenvalue weighted by Gasteiger charge is -2.37. The molecule has 1 amide bonds. The first-order valence-electron chi connectivity index (χ1n) is 7.14. The second-order valence-electron chi connectivity index (χ2n) is 5.82. The molecule has 1 aliphatic rings. The van der Waals surface area contributed by atoms with Crippen LogP contribution in [-0.4, -0.2) is 55.9 Å². The van der Waals surface area contributed by atoms with Crippen molar-refractivity contribution in [3.63, 3.8) is 0 Å². The molecule has 0 aromatic carbocycles. The summed E-state index contributed by atoms with van der Waals surface area (Å²) >= 11 is 0. The van der Waals surface area contributed by atoms with Gasteiger partial charge in [-0.25, -0.2) is 0 Å². The van der Waals surface area contributed by atoms with E-state index in [0.29, 0.717) is 19.5 Å². The highest BCUT2D eigenvalue weighted by Gasteiger charge is 2.34. The maximum Gasteiger partial charge on any atom is 0.223 e. The molecule has 0 saturated heterocycles. The van der Waals surface area contributed by atoms with Gasteiger partial charge < -0.3 is 20.5 Å². The quantitative estimate of drug-likeness (QED) is 0.717. The van der Waals surface area contributed by atoms with Gasteiger partial charge in [-0.15, -0.1) is 0 Å². The maximum absolute atomic E-state index is 12.2. The van der Waals surface area contributed by atoms with Crippen LogP contribution in [0.25, 0.3) is 0 Å². The number of aliphatic hydroxyl groups is 1. The van der Waals surface area contributed by atoms with Gasteiger partial charge in [0.25, 0.3) is 0 Å². The van der Waals surface area contributed by atoms with Gasteiger partial charge in [0.1, 0.15) is 0 Å². The summed E-state index contributed by atoms with van der Waals surface area (Å²) in [7, 11) is 3.27. The third-order valence-corrected chi connectivity index (χ3v) is 4.14. The smallest absolute Gasteiger partial charge is 0.223 e. The van der Waals surface area contributed by atoms with Crippen LogP contribution in [-0.2, 0) is 9.53 Å². The van der Waals surface area contributed by atoms with Crippen molar-refractivity contribution in [3.05, 3.63) is 0 Å². The van der Waals surface area contributed by atoms with Crippen LogP contribution in [0.4, 0.5) is 0 Å². The van der Waals surface area contributed by atoms with E-state index in [2.05, 4.69) is 0 Å². The molecular weight excluding hydrogens is 244 g/mol. The van der Waals surface area contributed by atoms with Crippen LogP contribution in [0.15, 0.2) is 0 Å². The van der Waals surface area contributed by atoms with E-state index in [1.807, 2.05) is 0 Å². The van der Waals surface area contributed by atoms with Crippen LogP contribution in [0, 0.1) is 5.41 Å². The summed E-state index contributed by atoms with van der Waals surface area (Å²) in [5.74, 6) is 0.0718. The van der Waals surface area contributed by atoms with Crippen molar-refractivity contribution in [3.8, 4) is 0 Å². The molecule has 112 valence electrons. The monoisotopic (exact) mass is 272 g/mol. The molecule has 1 saturated carbocycles. The minimum Gasteiger partial charge on any atom is -0.389 e. The summed E-state index contributed by atoms with van der Waals surface area (Å²) in [6.07, 6.45) is 5.55. The van der Waals surface area contributed by atoms with Gasteiger partial charge >= 0.3 is 0 Å². The van der Waals surface area contributed by atoms with E-state index in [-0.39, 0.29) is 17.9 Å². The zero-order valence-electron chi connectivity index (χ0n) is 12.2. The highest BCUT2D eigenvalue weighted by Crippen LogP contribution is 2.38. The number of hydrogen-bond acceptors (Lipinski definition) is 4. The van der Waals surface area contributed by atoms with Gasteiger partial charge in [0.05, 0.1) is 12.7 Å². The molecule has 0 aliphatic heterocycles. The van der Waals surface area contributed by atoms with Crippen molar-refractivity contribution in [1.29, 1.82) is 0 Å². The van der Waals surface area contributed by atoms with Crippen molar-refractivity contribution in [2.24, 2.45) is 11.1 Å². The molecule has 0 spiro atoms. The molecule has 5 heteroatoms. The van der Waals surface area contributed by atoms with Crippen LogP contribution in [0.3, 0.4) is 0 Å². The minimum atomic E-state index is -0.626. The molecule has 1 atom stereocenters. The van der Waals surface area contributed by atoms with Gasteiger partial charge in [-0.05, 0) is 24.8 Å². The predicted molar refractivity (Wildman–Crippen MR) is 74.7 cm³/mol. The van der Waals surface area contributed by atoms with Crippen molar-refractivity contribution >= 4 is 5.91 Å². The van der Waals surface area contributed by atoms with E-state index >= 15 is 0 Å². The number of methoxy groups -OCH3 is 1. The third kappa shape index (κ3) is 5.09. The molecule has 3 N–H and O–H groups in total. The SMILES string of the molecule is COCC(O)CN(C)C(=O)CC1(CN)CCCCC1. The maximum atomic E-state index is 12.2. The normalized spacial score (nSPS) is 20.0. The Balaban J connectivity index is 2.47. The molecule has 0 aromatic rings. The Bertz CT molecular complexity index is 278. The van der Waals surface area contributed by atoms with Crippen molar-refractivity contribution in [1.82, 2.24) is 4.90 Å². The van der Waals surface area contributed by atoms with Gasteiger partial charge in [0, 0.05) is 27.1 Å². The molecule has 5 nitrogen and oxygen atoms in total. The fraction of sp³-hybridized carbons (Fsp3) is 0.929. The lowest BCUT2D eigenvalue weighted by Crippen LogP contribution is -2.42. The summed E-state index contributed by atoms with van der Waals surface area (Å²) in [6.45, 7) is 1.14. The van der Waals surface area contributed by atoms with Crippen LogP contribution < -0.4 is 5.73 Å². The second-order valence-corrected chi connectivity index (χ2v) is 5.82. The number of rotatable bonds is 7. The van der Waals surface area contributed by atoms with Gasteiger partial charge in [0.15, 0.2) is 0 Å². The van der Waals surface area contributed by atoms with E-state index in [9.17, 15) is 9.90 Å². The average Bonchev–Trinajstić information content (AvgIpc) is 2.40. The zero-order valence-corrected chi connectivity index (χ0v) is 12.2. The number of amides is 1. The Morgan fingerprint density at radius 1 is 1.42 bits per heavy atom. The fourth-order valence-corrected chi connectivity index (χ4v) is 2.87. The van der Waals surface area contributed by atoms with Crippen molar-refractivity contribution in [2.75, 3.05) is 33.9 Å². The number of aliphatic hydroxyl groups excluding tert-OH is 1. The molecule has 1 rings (SSSR count). The number of carbonyl (C=O) groups excluding carboxylic acids is 1.